The lowest BCUT2D eigenvalue weighted by Crippen LogP contribution is -2.36. The first-order chi connectivity index (χ1) is 12.8. The molecule has 1 aromatic carbocycles. The number of benzene rings is 1. The predicted molar refractivity (Wildman–Crippen MR) is 95.5 cm³/mol. The van der Waals surface area contributed by atoms with Gasteiger partial charge in [-0.15, -0.1) is 0 Å². The molecule has 1 aromatic rings. The molecule has 2 rings (SSSR count). The monoisotopic (exact) mass is 418 g/mol. The van der Waals surface area contributed by atoms with Crippen molar-refractivity contribution in [1.82, 2.24) is 0 Å². The maximum absolute atomic E-state index is 13.1. The molecule has 0 N–H and O–H groups in total. The van der Waals surface area contributed by atoms with Crippen LogP contribution in [0.2, 0.25) is 0 Å². The molecular formula is C19H21F3O5S. The molecule has 0 heterocycles. The number of hydrogen-bond acceptors (Lipinski definition) is 5. The van der Waals surface area contributed by atoms with Gasteiger partial charge in [-0.05, 0) is 30.0 Å². The van der Waals surface area contributed by atoms with Gasteiger partial charge >= 0.3 is 6.18 Å². The van der Waals surface area contributed by atoms with Crippen molar-refractivity contribution < 1.29 is 36.0 Å². The van der Waals surface area contributed by atoms with E-state index in [1.165, 1.54) is 0 Å². The largest absolute Gasteiger partial charge is 0.416 e. The fourth-order valence-electron chi connectivity index (χ4n) is 3.29. The summed E-state index contributed by atoms with van der Waals surface area (Å²) in [6.45, 7) is 3.30. The highest BCUT2D eigenvalue weighted by Crippen LogP contribution is 2.32. The fraction of sp³-hybridized carbons (Fsp3) is 0.526. The number of rotatable bonds is 6. The molecule has 0 aromatic heterocycles. The van der Waals surface area contributed by atoms with Crippen molar-refractivity contribution in [3.8, 4) is 0 Å². The highest BCUT2D eigenvalue weighted by atomic mass is 32.2. The first-order valence-corrected chi connectivity index (χ1v) is 10.6. The smallest absolute Gasteiger partial charge is 0.298 e. The summed E-state index contributed by atoms with van der Waals surface area (Å²) in [6.07, 6.45) is -4.34. The zero-order valence-corrected chi connectivity index (χ0v) is 16.3. The van der Waals surface area contributed by atoms with E-state index in [2.05, 4.69) is 0 Å². The summed E-state index contributed by atoms with van der Waals surface area (Å²) in [5, 5.41) is 0. The van der Waals surface area contributed by atoms with Crippen LogP contribution in [-0.2, 0) is 31.4 Å². The number of alkyl halides is 3. The van der Waals surface area contributed by atoms with Crippen molar-refractivity contribution in [3.63, 3.8) is 0 Å². The third-order valence-corrected chi connectivity index (χ3v) is 6.34. The Kier molecular flexibility index (Phi) is 6.48. The molecule has 0 radical (unpaired) electrons. The van der Waals surface area contributed by atoms with E-state index in [4.69, 9.17) is 0 Å². The molecule has 0 amide bonds. The van der Waals surface area contributed by atoms with Crippen LogP contribution in [0.3, 0.4) is 0 Å². The van der Waals surface area contributed by atoms with Gasteiger partial charge in [0, 0.05) is 18.4 Å². The van der Waals surface area contributed by atoms with Crippen LogP contribution in [0.25, 0.3) is 0 Å². The third kappa shape index (κ3) is 5.27. The number of carbonyl (C=O) groups is 3. The van der Waals surface area contributed by atoms with Gasteiger partial charge in [-0.3, -0.25) is 14.4 Å². The van der Waals surface area contributed by atoms with E-state index in [1.807, 2.05) is 0 Å². The lowest BCUT2D eigenvalue weighted by atomic mass is 9.80. The van der Waals surface area contributed by atoms with Crippen molar-refractivity contribution in [2.24, 2.45) is 11.8 Å². The molecule has 28 heavy (non-hydrogen) atoms. The number of Topliss-reactive ketones (excluding diaryl/α,β-unsaturated/α-hetero) is 3. The van der Waals surface area contributed by atoms with Crippen LogP contribution in [0.5, 0.6) is 0 Å². The van der Waals surface area contributed by atoms with E-state index in [0.717, 1.165) is 6.07 Å². The summed E-state index contributed by atoms with van der Waals surface area (Å²) >= 11 is 0. The number of carbonyl (C=O) groups excluding carboxylic acids is 3. The molecule has 0 atom stereocenters. The first-order valence-electron chi connectivity index (χ1n) is 8.82. The minimum atomic E-state index is -4.73. The Balaban J connectivity index is 2.52. The highest BCUT2D eigenvalue weighted by molar-refractivity contribution is 7.90. The number of hydrogen-bond donors (Lipinski definition) is 0. The molecule has 0 spiro atoms. The van der Waals surface area contributed by atoms with E-state index in [9.17, 15) is 36.0 Å². The normalized spacial score (nSPS) is 16.6. The summed E-state index contributed by atoms with van der Waals surface area (Å²) in [7, 11) is -3.80. The van der Waals surface area contributed by atoms with Crippen molar-refractivity contribution in [2.75, 3.05) is 5.75 Å². The van der Waals surface area contributed by atoms with Crippen LogP contribution in [-0.4, -0.2) is 31.5 Å². The molecule has 1 aliphatic carbocycles. The molecule has 0 aliphatic heterocycles. The zero-order valence-electron chi connectivity index (χ0n) is 15.5. The minimum Gasteiger partial charge on any atom is -0.298 e. The summed E-state index contributed by atoms with van der Waals surface area (Å²) in [4.78, 5) is 36.9. The van der Waals surface area contributed by atoms with Crippen molar-refractivity contribution in [1.29, 1.82) is 0 Å². The van der Waals surface area contributed by atoms with E-state index < -0.39 is 50.6 Å². The second-order valence-corrected chi connectivity index (χ2v) is 9.51. The second-order valence-electron chi connectivity index (χ2n) is 7.40. The number of sulfone groups is 1. The van der Waals surface area contributed by atoms with Gasteiger partial charge in [0.1, 0.15) is 5.92 Å². The van der Waals surface area contributed by atoms with Crippen LogP contribution in [0.1, 0.15) is 54.6 Å². The molecule has 9 heteroatoms. The van der Waals surface area contributed by atoms with Gasteiger partial charge in [-0.2, -0.15) is 13.2 Å². The van der Waals surface area contributed by atoms with Crippen LogP contribution >= 0.6 is 0 Å². The summed E-state index contributed by atoms with van der Waals surface area (Å²) in [5.74, 6) is -4.97. The Hall–Kier alpha value is -2.03. The average molecular weight is 418 g/mol. The predicted octanol–water partition coefficient (Wildman–Crippen LogP) is 3.40. The van der Waals surface area contributed by atoms with Gasteiger partial charge in [-0.1, -0.05) is 19.9 Å². The minimum absolute atomic E-state index is 0.0315. The Morgan fingerprint density at radius 3 is 2.21 bits per heavy atom. The SMILES string of the molecule is CC(C)CS(=O)(=O)Cc1cc(C(F)(F)F)ccc1C(=O)C1C(=O)CCCC1=O. The van der Waals surface area contributed by atoms with Gasteiger partial charge in [0.2, 0.25) is 0 Å². The summed E-state index contributed by atoms with van der Waals surface area (Å²) < 4.78 is 63.9. The Morgan fingerprint density at radius 2 is 1.71 bits per heavy atom. The molecule has 1 fully saturated rings. The topological polar surface area (TPSA) is 85.3 Å². The lowest BCUT2D eigenvalue weighted by Gasteiger charge is -2.20. The fourth-order valence-corrected chi connectivity index (χ4v) is 5.13. The van der Waals surface area contributed by atoms with Crippen LogP contribution in [0.4, 0.5) is 13.2 Å². The highest BCUT2D eigenvalue weighted by Gasteiger charge is 2.38. The van der Waals surface area contributed by atoms with Crippen molar-refractivity contribution >= 4 is 27.2 Å². The molecule has 0 unspecified atom stereocenters. The molecule has 1 saturated carbocycles. The van der Waals surface area contributed by atoms with E-state index in [0.29, 0.717) is 18.6 Å². The van der Waals surface area contributed by atoms with Gasteiger partial charge < -0.3 is 0 Å². The summed E-state index contributed by atoms with van der Waals surface area (Å²) in [5.41, 5.74) is -1.76. The van der Waals surface area contributed by atoms with Gasteiger partial charge in [0.25, 0.3) is 0 Å². The standard InChI is InChI=1S/C19H21F3O5S/c1-11(2)9-28(26,27)10-12-8-13(19(20,21)22)6-7-14(12)18(25)17-15(23)4-3-5-16(17)24/h6-8,11,17H,3-5,9-10H2,1-2H3. The van der Waals surface area contributed by atoms with Crippen LogP contribution < -0.4 is 0 Å². The molecule has 0 saturated heterocycles. The van der Waals surface area contributed by atoms with E-state index in [1.54, 1.807) is 13.8 Å². The van der Waals surface area contributed by atoms with Crippen molar-refractivity contribution in [2.45, 2.75) is 45.0 Å². The average Bonchev–Trinajstić information content (AvgIpc) is 2.51. The number of halogens is 3. The van der Waals surface area contributed by atoms with Crippen LogP contribution in [0, 0.1) is 11.8 Å². The molecule has 0 bridgehead atoms. The Labute approximate surface area is 161 Å². The first kappa shape index (κ1) is 22.3. The Bertz CT molecular complexity index is 885. The summed E-state index contributed by atoms with van der Waals surface area (Å²) in [6, 6.07) is 2.13. The van der Waals surface area contributed by atoms with E-state index >= 15 is 0 Å². The molecule has 154 valence electrons. The molecule has 1 aliphatic rings. The van der Waals surface area contributed by atoms with E-state index in [-0.39, 0.29) is 35.6 Å². The third-order valence-electron chi connectivity index (χ3n) is 4.41. The quantitative estimate of drug-likeness (QED) is 0.522. The zero-order chi connectivity index (χ0) is 21.3. The lowest BCUT2D eigenvalue weighted by molar-refractivity contribution is -0.138. The van der Waals surface area contributed by atoms with Gasteiger partial charge in [0.05, 0.1) is 17.1 Å². The van der Waals surface area contributed by atoms with Crippen LogP contribution in [0.15, 0.2) is 18.2 Å². The maximum Gasteiger partial charge on any atom is 0.416 e. The van der Waals surface area contributed by atoms with Gasteiger partial charge in [0.15, 0.2) is 27.2 Å². The molecule has 5 nitrogen and oxygen atoms in total. The van der Waals surface area contributed by atoms with Crippen molar-refractivity contribution in [3.05, 3.63) is 34.9 Å². The van der Waals surface area contributed by atoms with Gasteiger partial charge in [-0.25, -0.2) is 8.42 Å². The maximum atomic E-state index is 13.1. The number of ketones is 3. The Morgan fingerprint density at radius 1 is 1.14 bits per heavy atom. The second kappa shape index (κ2) is 8.14. The molecular weight excluding hydrogens is 397 g/mol.